The Labute approximate surface area is 119 Å². The summed E-state index contributed by atoms with van der Waals surface area (Å²) in [5.74, 6) is 0.653. The van der Waals surface area contributed by atoms with Gasteiger partial charge in [0.2, 0.25) is 0 Å². The number of hydrogen-bond donors (Lipinski definition) is 1. The molecule has 0 radical (unpaired) electrons. The number of nitrogens with zero attached hydrogens (tertiary/aromatic N) is 1. The number of aromatic amines is 1. The highest BCUT2D eigenvalue weighted by Gasteiger charge is 2.20. The average molecular weight is 292 g/mol. The van der Waals surface area contributed by atoms with E-state index in [0.717, 1.165) is 11.2 Å². The van der Waals surface area contributed by atoms with E-state index in [2.05, 4.69) is 4.98 Å². The molecule has 1 saturated carbocycles. The smallest absolute Gasteiger partial charge is 0.364 e. The Bertz CT molecular complexity index is 841. The lowest BCUT2D eigenvalue weighted by molar-refractivity contribution is 0.153. The molecule has 7 nitrogen and oxygen atoms in total. The largest absolute Gasteiger partial charge is 0.409 e. The highest BCUT2D eigenvalue weighted by molar-refractivity contribution is 5.75. The molecule has 0 atom stereocenters. The van der Waals surface area contributed by atoms with Crippen molar-refractivity contribution in [3.8, 4) is 0 Å². The third-order valence-electron chi connectivity index (χ3n) is 4.07. The van der Waals surface area contributed by atoms with Gasteiger partial charge in [-0.25, -0.2) is 9.59 Å². The van der Waals surface area contributed by atoms with Gasteiger partial charge in [0.15, 0.2) is 0 Å². The quantitative estimate of drug-likeness (QED) is 0.882. The van der Waals surface area contributed by atoms with E-state index in [-0.39, 0.29) is 11.1 Å². The van der Waals surface area contributed by atoms with E-state index in [1.807, 2.05) is 0 Å². The first kappa shape index (κ1) is 13.7. The van der Waals surface area contributed by atoms with Gasteiger partial charge in [-0.3, -0.25) is 9.78 Å². The minimum atomic E-state index is -0.769. The van der Waals surface area contributed by atoms with E-state index in [4.69, 9.17) is 9.25 Å². The van der Waals surface area contributed by atoms with E-state index in [1.165, 1.54) is 32.4 Å². The molecule has 3 rings (SSSR count). The van der Waals surface area contributed by atoms with Gasteiger partial charge in [-0.1, -0.05) is 24.0 Å². The van der Waals surface area contributed by atoms with Gasteiger partial charge in [-0.15, -0.1) is 0 Å². The van der Waals surface area contributed by atoms with Gasteiger partial charge in [0, 0.05) is 6.07 Å². The zero-order valence-corrected chi connectivity index (χ0v) is 11.7. The summed E-state index contributed by atoms with van der Waals surface area (Å²) in [5.41, 5.74) is -1.46. The third kappa shape index (κ3) is 2.39. The molecule has 1 N–H and O–H groups in total. The maximum Gasteiger partial charge on any atom is 0.364 e. The number of aryl methyl sites for hydroxylation is 1. The maximum atomic E-state index is 12.0. The number of nitrogens with one attached hydrogen (secondary N) is 1. The lowest BCUT2D eigenvalue weighted by Gasteiger charge is -2.25. The molecule has 2 heterocycles. The fraction of sp³-hybridized carbons (Fsp3) is 0.500. The summed E-state index contributed by atoms with van der Waals surface area (Å²) in [7, 11) is 1.26. The number of fused-ring (bicyclic) bond motifs is 1. The highest BCUT2D eigenvalue weighted by atomic mass is 16.7. The normalized spacial score (nSPS) is 15.1. The monoisotopic (exact) mass is 292 g/mol. The van der Waals surface area contributed by atoms with Crippen LogP contribution in [0.25, 0.3) is 11.1 Å². The van der Waals surface area contributed by atoms with Crippen LogP contribution in [0.5, 0.6) is 0 Å². The van der Waals surface area contributed by atoms with Crippen LogP contribution in [0, 0.1) is 5.92 Å². The summed E-state index contributed by atoms with van der Waals surface area (Å²) in [6.07, 6.45) is 5.16. The van der Waals surface area contributed by atoms with Crippen molar-refractivity contribution >= 4 is 11.1 Å². The Hall–Kier alpha value is -2.31. The van der Waals surface area contributed by atoms with Crippen molar-refractivity contribution in [3.05, 3.63) is 42.9 Å². The van der Waals surface area contributed by atoms with E-state index in [9.17, 15) is 14.4 Å². The molecule has 1 aliphatic rings. The topological polar surface area (TPSA) is 94.3 Å². The summed E-state index contributed by atoms with van der Waals surface area (Å²) in [6, 6.07) is 1.32. The van der Waals surface area contributed by atoms with Crippen molar-refractivity contribution in [1.82, 2.24) is 9.71 Å². The molecule has 2 aromatic rings. The number of hydrogen-bond acceptors (Lipinski definition) is 5. The van der Waals surface area contributed by atoms with Gasteiger partial charge in [-0.05, 0) is 24.3 Å². The Balaban J connectivity index is 2.16. The molecule has 0 spiro atoms. The molecule has 21 heavy (non-hydrogen) atoms. The van der Waals surface area contributed by atoms with E-state index in [0.29, 0.717) is 17.9 Å². The fourth-order valence-electron chi connectivity index (χ4n) is 2.72. The summed E-state index contributed by atoms with van der Waals surface area (Å²) >= 11 is 0. The summed E-state index contributed by atoms with van der Waals surface area (Å²) in [4.78, 5) is 42.4. The molecule has 0 aromatic carbocycles. The molecule has 0 unspecified atom stereocenters. The third-order valence-corrected chi connectivity index (χ3v) is 4.07. The van der Waals surface area contributed by atoms with Gasteiger partial charge < -0.3 is 9.25 Å². The molecule has 2 aromatic heterocycles. The Morgan fingerprint density at radius 2 is 2.14 bits per heavy atom. The summed E-state index contributed by atoms with van der Waals surface area (Å²) in [5, 5.41) is 0.204. The highest BCUT2D eigenvalue weighted by Crippen LogP contribution is 2.30. The van der Waals surface area contributed by atoms with Gasteiger partial charge in [0.1, 0.15) is 12.5 Å². The first-order chi connectivity index (χ1) is 10.1. The molecule has 7 heteroatoms. The predicted molar refractivity (Wildman–Crippen MR) is 75.5 cm³/mol. The minimum absolute atomic E-state index is 0.137. The fourth-order valence-corrected chi connectivity index (χ4v) is 2.72. The zero-order chi connectivity index (χ0) is 15.0. The molecular formula is C14H16N2O5. The predicted octanol–water partition coefficient (Wildman–Crippen LogP) is 0.434. The lowest BCUT2D eigenvalue weighted by atomic mass is 9.81. The first-order valence-electron chi connectivity index (χ1n) is 6.96. The minimum Gasteiger partial charge on any atom is -0.409 e. The molecule has 0 saturated heterocycles. The number of H-pyrrole nitrogens is 1. The van der Waals surface area contributed by atoms with Crippen molar-refractivity contribution in [3.63, 3.8) is 0 Å². The van der Waals surface area contributed by atoms with Crippen LogP contribution in [0.4, 0.5) is 0 Å². The van der Waals surface area contributed by atoms with Crippen LogP contribution in [0.2, 0.25) is 0 Å². The van der Waals surface area contributed by atoms with Crippen molar-refractivity contribution < 1.29 is 9.25 Å². The molecular weight excluding hydrogens is 276 g/mol. The van der Waals surface area contributed by atoms with Crippen LogP contribution in [-0.2, 0) is 6.42 Å². The van der Waals surface area contributed by atoms with E-state index < -0.39 is 16.9 Å². The lowest BCUT2D eigenvalue weighted by Crippen LogP contribution is -2.34. The second-order valence-corrected chi connectivity index (χ2v) is 5.34. The molecule has 0 amide bonds. The molecule has 1 aliphatic carbocycles. The zero-order valence-electron chi connectivity index (χ0n) is 11.7. The summed E-state index contributed by atoms with van der Waals surface area (Å²) in [6.45, 7) is 0. The van der Waals surface area contributed by atoms with E-state index in [1.54, 1.807) is 0 Å². The van der Waals surface area contributed by atoms with Crippen LogP contribution < -0.4 is 21.7 Å². The first-order valence-corrected chi connectivity index (χ1v) is 6.96. The van der Waals surface area contributed by atoms with Crippen molar-refractivity contribution in [2.75, 3.05) is 7.11 Å². The van der Waals surface area contributed by atoms with Crippen LogP contribution in [0.1, 0.15) is 31.2 Å². The van der Waals surface area contributed by atoms with Crippen molar-refractivity contribution in [1.29, 1.82) is 0 Å². The van der Waals surface area contributed by atoms with Gasteiger partial charge in [-0.2, -0.15) is 0 Å². The standard InChI is InChI=1S/C14H16N2O5/c1-20-16-13-11(12(18)15-14(16)19)9(7-10(17)21-13)6-5-8-3-2-4-8/h7-8H,2-6H2,1H3,(H,15,18,19). The van der Waals surface area contributed by atoms with Gasteiger partial charge >= 0.3 is 11.3 Å². The summed E-state index contributed by atoms with van der Waals surface area (Å²) < 4.78 is 5.78. The Morgan fingerprint density at radius 1 is 1.38 bits per heavy atom. The maximum absolute atomic E-state index is 12.0. The van der Waals surface area contributed by atoms with Gasteiger partial charge in [0.05, 0.1) is 0 Å². The van der Waals surface area contributed by atoms with Crippen LogP contribution in [0.15, 0.2) is 24.9 Å². The SMILES string of the molecule is COn1c(=O)[nH]c(=O)c2c(CCC3CCC3)cc(=O)oc21. The van der Waals surface area contributed by atoms with Crippen LogP contribution in [0.3, 0.4) is 0 Å². The molecule has 0 bridgehead atoms. The number of rotatable bonds is 4. The molecule has 0 aliphatic heterocycles. The second-order valence-electron chi connectivity index (χ2n) is 5.34. The average Bonchev–Trinajstić information content (AvgIpc) is 2.36. The van der Waals surface area contributed by atoms with Gasteiger partial charge in [0.25, 0.3) is 11.3 Å². The Kier molecular flexibility index (Phi) is 3.40. The van der Waals surface area contributed by atoms with E-state index >= 15 is 0 Å². The number of aromatic nitrogens is 2. The molecule has 112 valence electrons. The van der Waals surface area contributed by atoms with Crippen LogP contribution in [-0.4, -0.2) is 16.8 Å². The van der Waals surface area contributed by atoms with Crippen LogP contribution >= 0.6 is 0 Å². The molecule has 1 fully saturated rings. The van der Waals surface area contributed by atoms with Crippen molar-refractivity contribution in [2.24, 2.45) is 5.92 Å². The van der Waals surface area contributed by atoms with Crippen molar-refractivity contribution in [2.45, 2.75) is 32.1 Å². The Morgan fingerprint density at radius 3 is 2.76 bits per heavy atom. The second kappa shape index (κ2) is 5.23.